The molecule has 4 heteroatoms. The van der Waals surface area contributed by atoms with Gasteiger partial charge in [-0.3, -0.25) is 0 Å². The average Bonchev–Trinajstić information content (AvgIpc) is 0.860. The van der Waals surface area contributed by atoms with Gasteiger partial charge >= 0.3 is 0 Å². The Labute approximate surface area is 553 Å². The summed E-state index contributed by atoms with van der Waals surface area (Å²) in [6, 6.07) is 132. The number of para-hydroxylation sites is 4. The van der Waals surface area contributed by atoms with Crippen molar-refractivity contribution in [1.29, 1.82) is 0 Å². The second-order valence-corrected chi connectivity index (χ2v) is 23.3. The summed E-state index contributed by atoms with van der Waals surface area (Å²) < 4.78 is 0. The summed E-state index contributed by atoms with van der Waals surface area (Å²) in [5.41, 5.74) is 23.4. The number of rotatable bonds is 20. The molecule has 0 aromatic heterocycles. The number of benzene rings is 14. The van der Waals surface area contributed by atoms with Crippen molar-refractivity contribution in [3.05, 3.63) is 417 Å². The van der Waals surface area contributed by atoms with Crippen molar-refractivity contribution in [2.45, 2.75) is 12.8 Å². The lowest BCUT2D eigenvalue weighted by molar-refractivity contribution is 0.975. The van der Waals surface area contributed by atoms with Crippen molar-refractivity contribution in [3.63, 3.8) is 0 Å². The van der Waals surface area contributed by atoms with E-state index in [1.807, 2.05) is 12.2 Å². The van der Waals surface area contributed by atoms with E-state index >= 15 is 0 Å². The second kappa shape index (κ2) is 27.9. The van der Waals surface area contributed by atoms with E-state index in [-0.39, 0.29) is 5.92 Å². The van der Waals surface area contributed by atoms with Crippen LogP contribution < -0.4 is 19.6 Å². The summed E-state index contributed by atoms with van der Waals surface area (Å²) in [6.07, 6.45) is 8.02. The van der Waals surface area contributed by atoms with E-state index in [4.69, 9.17) is 0 Å². The molecule has 0 aliphatic carbocycles. The molecule has 0 saturated carbocycles. The Balaban J connectivity index is 0.808. The fraction of sp³-hybridized carbons (Fsp3) is 0.0222. The number of allylic oxidation sites excluding steroid dienone is 4. The van der Waals surface area contributed by atoms with Crippen LogP contribution in [-0.2, 0) is 0 Å². The summed E-state index contributed by atoms with van der Waals surface area (Å²) in [5, 5.41) is 2.46. The zero-order chi connectivity index (χ0) is 63.4. The smallest absolute Gasteiger partial charge is 0.0464 e. The fourth-order valence-corrected chi connectivity index (χ4v) is 13.0. The van der Waals surface area contributed by atoms with Gasteiger partial charge in [-0.15, -0.1) is 0 Å². The molecule has 4 nitrogen and oxygen atoms in total. The monoisotopic (exact) mass is 1210 g/mol. The van der Waals surface area contributed by atoms with Gasteiger partial charge < -0.3 is 19.6 Å². The highest BCUT2D eigenvalue weighted by molar-refractivity contribution is 5.97. The van der Waals surface area contributed by atoms with Crippen LogP contribution in [0.4, 0.5) is 62.6 Å². The Morgan fingerprint density at radius 3 is 1.02 bits per heavy atom. The van der Waals surface area contributed by atoms with Crippen LogP contribution in [0, 0.1) is 0 Å². The standard InChI is InChI=1S/C90H70N4/c1-3-5-32-76(4-2)91(77-33-13-7-14-34-77)81-55-45-67(46-56-81)69-49-59-83(60-50-69)93(80-39-19-10-20-40-80)86-41-23-30-74(65-86)90(73-27-11-6-12-28-73)75-31-24-42-87(66-75)94(85-63-53-72(54-64-85)89-44-25-29-71-26-21-22-43-88(71)89)84-61-51-70(52-62-84)68-47-57-82(58-48-68)92(78-35-15-8-16-36-78)79-37-17-9-18-38-79/h3-66,90H,1H2,2H3/b32-5-,76-4+. The van der Waals surface area contributed by atoms with Gasteiger partial charge in [-0.05, 0) is 207 Å². The van der Waals surface area contributed by atoms with E-state index in [1.54, 1.807) is 0 Å². The number of nitrogens with zero attached hydrogens (tertiary/aromatic N) is 4. The molecule has 0 N–H and O–H groups in total. The molecule has 0 aliphatic rings. The van der Waals surface area contributed by atoms with Crippen LogP contribution in [0.3, 0.4) is 0 Å². The number of fused-ring (bicyclic) bond motifs is 1. The summed E-state index contributed by atoms with van der Waals surface area (Å²) in [7, 11) is 0. The van der Waals surface area contributed by atoms with Gasteiger partial charge in [-0.1, -0.05) is 255 Å². The predicted molar refractivity (Wildman–Crippen MR) is 400 cm³/mol. The average molecular weight is 1210 g/mol. The Bertz CT molecular complexity index is 4830. The van der Waals surface area contributed by atoms with Crippen LogP contribution in [0.25, 0.3) is 44.2 Å². The molecule has 1 atom stereocenters. The minimum absolute atomic E-state index is 0.107. The SMILES string of the molecule is C=C/C=C\C(=C/C)N(c1ccccc1)c1ccc(-c2ccc(N(c3ccccc3)c3cccc(C(c4ccccc4)c4cccc(N(c5ccc(-c6ccc(N(c7ccccc7)c7ccccc7)cc6)cc5)c5ccc(-c6cccc7ccccc67)cc5)c4)c3)cc2)cc1. The highest BCUT2D eigenvalue weighted by Gasteiger charge is 2.23. The quantitative estimate of drug-likeness (QED) is 0.0557. The molecular formula is C90H70N4. The maximum absolute atomic E-state index is 3.92. The molecule has 0 amide bonds. The van der Waals surface area contributed by atoms with E-state index in [1.165, 1.54) is 38.6 Å². The molecule has 0 spiro atoms. The van der Waals surface area contributed by atoms with Crippen LogP contribution in [0.1, 0.15) is 29.5 Å². The van der Waals surface area contributed by atoms with E-state index in [9.17, 15) is 0 Å². The normalized spacial score (nSPS) is 11.7. The molecule has 14 aromatic carbocycles. The summed E-state index contributed by atoms with van der Waals surface area (Å²) >= 11 is 0. The molecule has 1 unspecified atom stereocenters. The molecule has 0 fully saturated rings. The van der Waals surface area contributed by atoms with Gasteiger partial charge in [0.2, 0.25) is 0 Å². The van der Waals surface area contributed by atoms with E-state index in [0.29, 0.717) is 0 Å². The molecule has 0 radical (unpaired) electrons. The number of hydrogen-bond acceptors (Lipinski definition) is 4. The third-order valence-electron chi connectivity index (χ3n) is 17.5. The van der Waals surface area contributed by atoms with Crippen molar-refractivity contribution in [2.75, 3.05) is 19.6 Å². The Morgan fingerprint density at radius 2 is 0.596 bits per heavy atom. The van der Waals surface area contributed by atoms with Crippen molar-refractivity contribution < 1.29 is 0 Å². The first-order valence-electron chi connectivity index (χ1n) is 32.2. The van der Waals surface area contributed by atoms with Crippen LogP contribution in [0.15, 0.2) is 401 Å². The van der Waals surface area contributed by atoms with Gasteiger partial charge in [-0.25, -0.2) is 0 Å². The van der Waals surface area contributed by atoms with Crippen molar-refractivity contribution in [3.8, 4) is 33.4 Å². The van der Waals surface area contributed by atoms with Crippen LogP contribution in [-0.4, -0.2) is 0 Å². The lowest BCUT2D eigenvalue weighted by atomic mass is 9.84. The second-order valence-electron chi connectivity index (χ2n) is 23.3. The zero-order valence-electron chi connectivity index (χ0n) is 52.5. The summed E-state index contributed by atoms with van der Waals surface area (Å²) in [5.74, 6) is -0.107. The summed E-state index contributed by atoms with van der Waals surface area (Å²) in [6.45, 7) is 5.99. The number of anilines is 11. The zero-order valence-corrected chi connectivity index (χ0v) is 52.5. The molecular weight excluding hydrogens is 1140 g/mol. The van der Waals surface area contributed by atoms with Crippen molar-refractivity contribution in [1.82, 2.24) is 0 Å². The maximum Gasteiger partial charge on any atom is 0.0464 e. The Morgan fingerprint density at radius 1 is 0.287 bits per heavy atom. The Kier molecular flexibility index (Phi) is 17.6. The molecule has 0 aliphatic heterocycles. The van der Waals surface area contributed by atoms with Crippen LogP contribution >= 0.6 is 0 Å². The first-order valence-corrected chi connectivity index (χ1v) is 32.2. The van der Waals surface area contributed by atoms with Gasteiger partial charge in [0.05, 0.1) is 0 Å². The first kappa shape index (κ1) is 59.4. The third-order valence-corrected chi connectivity index (χ3v) is 17.5. The topological polar surface area (TPSA) is 13.0 Å². The molecule has 0 heterocycles. The maximum atomic E-state index is 3.92. The first-order chi connectivity index (χ1) is 46.5. The number of hydrogen-bond donors (Lipinski definition) is 0. The summed E-state index contributed by atoms with van der Waals surface area (Å²) in [4.78, 5) is 9.34. The van der Waals surface area contributed by atoms with Crippen molar-refractivity contribution in [2.24, 2.45) is 0 Å². The molecule has 450 valence electrons. The van der Waals surface area contributed by atoms with Crippen LogP contribution in [0.5, 0.6) is 0 Å². The van der Waals surface area contributed by atoms with E-state index in [2.05, 4.69) is 409 Å². The highest BCUT2D eigenvalue weighted by Crippen LogP contribution is 2.44. The Hall–Kier alpha value is -12.2. The third kappa shape index (κ3) is 12.8. The van der Waals surface area contributed by atoms with Gasteiger partial charge in [0.15, 0.2) is 0 Å². The fourth-order valence-electron chi connectivity index (χ4n) is 13.0. The van der Waals surface area contributed by atoms with E-state index < -0.39 is 0 Å². The highest BCUT2D eigenvalue weighted by atomic mass is 15.2. The largest absolute Gasteiger partial charge is 0.311 e. The van der Waals surface area contributed by atoms with Gasteiger partial charge in [0.25, 0.3) is 0 Å². The lowest BCUT2D eigenvalue weighted by Gasteiger charge is -2.29. The molecule has 14 aromatic rings. The minimum atomic E-state index is -0.107. The van der Waals surface area contributed by atoms with Gasteiger partial charge in [0.1, 0.15) is 0 Å². The molecule has 0 bridgehead atoms. The molecule has 0 saturated heterocycles. The minimum Gasteiger partial charge on any atom is -0.311 e. The lowest BCUT2D eigenvalue weighted by Crippen LogP contribution is -2.14. The van der Waals surface area contributed by atoms with Crippen molar-refractivity contribution >= 4 is 73.3 Å². The molecule has 94 heavy (non-hydrogen) atoms. The molecule has 14 rings (SSSR count). The van der Waals surface area contributed by atoms with Crippen LogP contribution in [0.2, 0.25) is 0 Å². The van der Waals surface area contributed by atoms with E-state index in [0.717, 1.165) is 90.5 Å². The predicted octanol–water partition coefficient (Wildman–Crippen LogP) is 25.2. The van der Waals surface area contributed by atoms with Gasteiger partial charge in [0, 0.05) is 74.2 Å². The van der Waals surface area contributed by atoms with Gasteiger partial charge in [-0.2, -0.15) is 0 Å².